The summed E-state index contributed by atoms with van der Waals surface area (Å²) in [7, 11) is 1.92. The van der Waals surface area contributed by atoms with E-state index < -0.39 is 0 Å². The van der Waals surface area contributed by atoms with Crippen LogP contribution in [0.25, 0.3) is 0 Å². The van der Waals surface area contributed by atoms with Crippen LogP contribution in [0, 0.1) is 11.2 Å². The maximum absolute atomic E-state index is 12.9. The molecular weight excluding hydrogens is 241 g/mol. The quantitative estimate of drug-likeness (QED) is 0.629. The first-order valence-electron chi connectivity index (χ1n) is 5.37. The maximum atomic E-state index is 12.9. The van der Waals surface area contributed by atoms with Gasteiger partial charge in [-0.2, -0.15) is 0 Å². The van der Waals surface area contributed by atoms with E-state index in [1.807, 2.05) is 18.9 Å². The Labute approximate surface area is 106 Å². The average Bonchev–Trinajstić information content (AvgIpc) is 2.21. The molecule has 1 aromatic carbocycles. The summed E-state index contributed by atoms with van der Waals surface area (Å²) in [5, 5.41) is 7.67. The van der Waals surface area contributed by atoms with Crippen molar-refractivity contribution < 1.29 is 4.39 Å². The van der Waals surface area contributed by atoms with E-state index in [0.29, 0.717) is 18.0 Å². The SMILES string of the molecule is CC(CC(=N)N)N(C)Cc1ccc(F)cc1Cl. The summed E-state index contributed by atoms with van der Waals surface area (Å²) in [5.74, 6) is -0.173. The lowest BCUT2D eigenvalue weighted by Crippen LogP contribution is -2.32. The third kappa shape index (κ3) is 4.32. The Morgan fingerprint density at radius 1 is 1.59 bits per heavy atom. The highest BCUT2D eigenvalue weighted by Gasteiger charge is 2.12. The Morgan fingerprint density at radius 2 is 2.24 bits per heavy atom. The highest BCUT2D eigenvalue weighted by atomic mass is 35.5. The molecule has 3 N–H and O–H groups in total. The van der Waals surface area contributed by atoms with Crippen molar-refractivity contribution >= 4 is 17.4 Å². The summed E-state index contributed by atoms with van der Waals surface area (Å²) in [5.41, 5.74) is 6.22. The molecular formula is C12H17ClFN3. The molecule has 0 fully saturated rings. The molecule has 0 heterocycles. The molecule has 0 aliphatic carbocycles. The van der Waals surface area contributed by atoms with Gasteiger partial charge in [-0.05, 0) is 31.7 Å². The van der Waals surface area contributed by atoms with E-state index in [1.54, 1.807) is 6.07 Å². The molecule has 0 saturated heterocycles. The second kappa shape index (κ2) is 5.98. The van der Waals surface area contributed by atoms with E-state index in [4.69, 9.17) is 22.7 Å². The number of rotatable bonds is 5. The van der Waals surface area contributed by atoms with E-state index in [-0.39, 0.29) is 17.7 Å². The Balaban J connectivity index is 2.67. The minimum absolute atomic E-state index is 0.147. The number of nitrogens with zero attached hydrogens (tertiary/aromatic N) is 1. The van der Waals surface area contributed by atoms with Gasteiger partial charge in [-0.3, -0.25) is 10.3 Å². The first-order chi connectivity index (χ1) is 7.90. The van der Waals surface area contributed by atoms with Crippen molar-refractivity contribution in [2.75, 3.05) is 7.05 Å². The Bertz CT molecular complexity index is 409. The largest absolute Gasteiger partial charge is 0.388 e. The predicted molar refractivity (Wildman–Crippen MR) is 68.9 cm³/mol. The highest BCUT2D eigenvalue weighted by Crippen LogP contribution is 2.19. The highest BCUT2D eigenvalue weighted by molar-refractivity contribution is 6.31. The van der Waals surface area contributed by atoms with Gasteiger partial charge < -0.3 is 5.73 Å². The normalized spacial score (nSPS) is 12.8. The molecule has 0 saturated carbocycles. The van der Waals surface area contributed by atoms with Crippen LogP contribution in [0.4, 0.5) is 4.39 Å². The Hall–Kier alpha value is -1.13. The van der Waals surface area contributed by atoms with Gasteiger partial charge in [-0.25, -0.2) is 4.39 Å². The van der Waals surface area contributed by atoms with Gasteiger partial charge in [0.2, 0.25) is 0 Å². The van der Waals surface area contributed by atoms with Crippen LogP contribution in [0.5, 0.6) is 0 Å². The standard InChI is InChI=1S/C12H17ClFN3/c1-8(5-12(15)16)17(2)7-9-3-4-10(14)6-11(9)13/h3-4,6,8H,5,7H2,1-2H3,(H3,15,16). The van der Waals surface area contributed by atoms with Crippen LogP contribution in [-0.2, 0) is 6.54 Å². The van der Waals surface area contributed by atoms with Gasteiger partial charge in [0.05, 0.1) is 5.84 Å². The van der Waals surface area contributed by atoms with Crippen LogP contribution in [0.3, 0.4) is 0 Å². The zero-order valence-corrected chi connectivity index (χ0v) is 10.8. The molecule has 0 radical (unpaired) electrons. The number of nitrogens with two attached hydrogens (primary N) is 1. The van der Waals surface area contributed by atoms with Gasteiger partial charge in [-0.1, -0.05) is 17.7 Å². The maximum Gasteiger partial charge on any atom is 0.124 e. The predicted octanol–water partition coefficient (Wildman–Crippen LogP) is 2.63. The van der Waals surface area contributed by atoms with E-state index >= 15 is 0 Å². The summed E-state index contributed by atoms with van der Waals surface area (Å²) in [6, 6.07) is 4.52. The topological polar surface area (TPSA) is 53.1 Å². The van der Waals surface area contributed by atoms with Crippen molar-refractivity contribution in [3.05, 3.63) is 34.6 Å². The zero-order chi connectivity index (χ0) is 13.0. The number of halogens is 2. The van der Waals surface area contributed by atoms with Crippen LogP contribution in [0.2, 0.25) is 5.02 Å². The molecule has 1 rings (SSSR count). The van der Waals surface area contributed by atoms with Crippen LogP contribution in [0.1, 0.15) is 18.9 Å². The van der Waals surface area contributed by atoms with E-state index in [2.05, 4.69) is 0 Å². The van der Waals surface area contributed by atoms with Gasteiger partial charge >= 0.3 is 0 Å². The molecule has 5 heteroatoms. The summed E-state index contributed by atoms with van der Waals surface area (Å²) in [6.07, 6.45) is 0.509. The Morgan fingerprint density at radius 3 is 2.76 bits per heavy atom. The molecule has 0 aromatic heterocycles. The number of nitrogens with one attached hydrogen (secondary N) is 1. The van der Waals surface area contributed by atoms with Crippen LogP contribution in [0.15, 0.2) is 18.2 Å². The van der Waals surface area contributed by atoms with Gasteiger partial charge in [0.1, 0.15) is 5.82 Å². The summed E-state index contributed by atoms with van der Waals surface area (Å²) >= 11 is 5.95. The van der Waals surface area contributed by atoms with Crippen molar-refractivity contribution in [2.24, 2.45) is 5.73 Å². The summed E-state index contributed by atoms with van der Waals surface area (Å²) in [6.45, 7) is 2.59. The lowest BCUT2D eigenvalue weighted by atomic mass is 10.1. The molecule has 1 aromatic rings. The fourth-order valence-corrected chi connectivity index (χ4v) is 1.78. The third-order valence-corrected chi connectivity index (χ3v) is 3.05. The molecule has 0 aliphatic heterocycles. The first kappa shape index (κ1) is 13.9. The average molecular weight is 258 g/mol. The van der Waals surface area contributed by atoms with E-state index in [0.717, 1.165) is 5.56 Å². The number of hydrogen-bond donors (Lipinski definition) is 2. The second-order valence-corrected chi connectivity index (χ2v) is 4.64. The lowest BCUT2D eigenvalue weighted by molar-refractivity contribution is 0.254. The van der Waals surface area contributed by atoms with Crippen molar-refractivity contribution in [2.45, 2.75) is 25.9 Å². The second-order valence-electron chi connectivity index (χ2n) is 4.23. The summed E-state index contributed by atoms with van der Waals surface area (Å²) < 4.78 is 12.9. The van der Waals surface area contributed by atoms with E-state index in [9.17, 15) is 4.39 Å². The monoisotopic (exact) mass is 257 g/mol. The van der Waals surface area contributed by atoms with Crippen molar-refractivity contribution in [3.8, 4) is 0 Å². The van der Waals surface area contributed by atoms with Crippen LogP contribution in [-0.4, -0.2) is 23.8 Å². The molecule has 0 bridgehead atoms. The van der Waals surface area contributed by atoms with Gasteiger partial charge in [0, 0.05) is 24.0 Å². The van der Waals surface area contributed by atoms with Crippen LogP contribution >= 0.6 is 11.6 Å². The number of hydrogen-bond acceptors (Lipinski definition) is 2. The van der Waals surface area contributed by atoms with Crippen molar-refractivity contribution in [3.63, 3.8) is 0 Å². The number of amidine groups is 1. The molecule has 0 amide bonds. The molecule has 1 atom stereocenters. The molecule has 94 valence electrons. The molecule has 1 unspecified atom stereocenters. The molecule has 17 heavy (non-hydrogen) atoms. The van der Waals surface area contributed by atoms with Gasteiger partial charge in [0.15, 0.2) is 0 Å². The van der Waals surface area contributed by atoms with Gasteiger partial charge in [0.25, 0.3) is 0 Å². The minimum Gasteiger partial charge on any atom is -0.388 e. The van der Waals surface area contributed by atoms with Crippen molar-refractivity contribution in [1.82, 2.24) is 4.90 Å². The zero-order valence-electron chi connectivity index (χ0n) is 10.0. The lowest BCUT2D eigenvalue weighted by Gasteiger charge is -2.24. The summed E-state index contributed by atoms with van der Waals surface area (Å²) in [4.78, 5) is 2.03. The Kier molecular flexibility index (Phi) is 4.90. The number of benzene rings is 1. The minimum atomic E-state index is -0.335. The van der Waals surface area contributed by atoms with Crippen molar-refractivity contribution in [1.29, 1.82) is 5.41 Å². The van der Waals surface area contributed by atoms with E-state index in [1.165, 1.54) is 12.1 Å². The molecule has 0 aliphatic rings. The first-order valence-corrected chi connectivity index (χ1v) is 5.75. The van der Waals surface area contributed by atoms with Gasteiger partial charge in [-0.15, -0.1) is 0 Å². The third-order valence-electron chi connectivity index (χ3n) is 2.70. The van der Waals surface area contributed by atoms with Crippen LogP contribution < -0.4 is 5.73 Å². The smallest absolute Gasteiger partial charge is 0.124 e. The molecule has 0 spiro atoms. The fourth-order valence-electron chi connectivity index (χ4n) is 1.55. The molecule has 3 nitrogen and oxygen atoms in total. The fraction of sp³-hybridized carbons (Fsp3) is 0.417.